The molecule has 0 aliphatic heterocycles. The molecule has 0 radical (unpaired) electrons. The van der Waals surface area contributed by atoms with Gasteiger partial charge >= 0.3 is 0 Å². The lowest BCUT2D eigenvalue weighted by molar-refractivity contribution is -0.138. The van der Waals surface area contributed by atoms with Crippen LogP contribution in [0.25, 0.3) is 0 Å². The van der Waals surface area contributed by atoms with Crippen LogP contribution in [-0.2, 0) is 0 Å². The van der Waals surface area contributed by atoms with Gasteiger partial charge in [0.15, 0.2) is 0 Å². The Kier molecular flexibility index (Phi) is 6.29. The lowest BCUT2D eigenvalue weighted by Gasteiger charge is -2.48. The van der Waals surface area contributed by atoms with Gasteiger partial charge in [0.2, 0.25) is 0 Å². The second-order valence-electron chi connectivity index (χ2n) is 8.90. The maximum Gasteiger partial charge on any atom is 0.0666 e. The van der Waals surface area contributed by atoms with Crippen molar-refractivity contribution < 1.29 is 15.3 Å². The van der Waals surface area contributed by atoms with Crippen LogP contribution >= 0.6 is 0 Å². The van der Waals surface area contributed by atoms with E-state index in [9.17, 15) is 15.3 Å². The van der Waals surface area contributed by atoms with Crippen molar-refractivity contribution >= 4 is 0 Å². The molecule has 3 nitrogen and oxygen atoms in total. The highest BCUT2D eigenvalue weighted by atomic mass is 16.3. The summed E-state index contributed by atoms with van der Waals surface area (Å²) >= 11 is 0. The van der Waals surface area contributed by atoms with Gasteiger partial charge in [0.1, 0.15) is 0 Å². The van der Waals surface area contributed by atoms with E-state index < -0.39 is 23.7 Å². The standard InChI is InChI=1S/C17H36O3/c1-11(12(2)18)10-16(6,7)14(20)17(8,9)13(19)15(3,4)5/h11-14,18-20H,10H2,1-9H3. The normalized spacial score (nSPS) is 20.4. The predicted molar refractivity (Wildman–Crippen MR) is 84.5 cm³/mol. The molecular weight excluding hydrogens is 252 g/mol. The maximum atomic E-state index is 10.8. The minimum Gasteiger partial charge on any atom is -0.393 e. The zero-order valence-electron chi connectivity index (χ0n) is 14.9. The van der Waals surface area contributed by atoms with Gasteiger partial charge in [-0.2, -0.15) is 0 Å². The average Bonchev–Trinajstić information content (AvgIpc) is 2.24. The van der Waals surface area contributed by atoms with Gasteiger partial charge in [0, 0.05) is 5.41 Å². The second kappa shape index (κ2) is 6.33. The van der Waals surface area contributed by atoms with E-state index in [0.29, 0.717) is 6.42 Å². The summed E-state index contributed by atoms with van der Waals surface area (Å²) in [4.78, 5) is 0. The fourth-order valence-electron chi connectivity index (χ4n) is 3.38. The average molecular weight is 288 g/mol. The third-order valence-electron chi connectivity index (χ3n) is 4.64. The summed E-state index contributed by atoms with van der Waals surface area (Å²) in [5, 5.41) is 31.1. The van der Waals surface area contributed by atoms with Gasteiger partial charge in [-0.25, -0.2) is 0 Å². The Morgan fingerprint density at radius 1 is 0.750 bits per heavy atom. The number of hydrogen-bond acceptors (Lipinski definition) is 3. The molecule has 0 heterocycles. The Balaban J connectivity index is 5.16. The number of hydrogen-bond donors (Lipinski definition) is 3. The van der Waals surface area contributed by atoms with Gasteiger partial charge < -0.3 is 15.3 Å². The van der Waals surface area contributed by atoms with Crippen molar-refractivity contribution in [2.45, 2.75) is 87.0 Å². The van der Waals surface area contributed by atoms with Crippen molar-refractivity contribution in [2.24, 2.45) is 22.2 Å². The fourth-order valence-corrected chi connectivity index (χ4v) is 3.38. The molecule has 0 spiro atoms. The van der Waals surface area contributed by atoms with Crippen LogP contribution < -0.4 is 0 Å². The Bertz CT molecular complexity index is 300. The molecule has 0 aromatic rings. The highest BCUT2D eigenvalue weighted by Crippen LogP contribution is 2.44. The first-order valence-corrected chi connectivity index (χ1v) is 7.68. The van der Waals surface area contributed by atoms with E-state index in [1.54, 1.807) is 6.92 Å². The molecule has 4 atom stereocenters. The maximum absolute atomic E-state index is 10.8. The Hall–Kier alpha value is -0.120. The third kappa shape index (κ3) is 4.71. The van der Waals surface area contributed by atoms with Gasteiger partial charge in [-0.3, -0.25) is 0 Å². The van der Waals surface area contributed by atoms with E-state index >= 15 is 0 Å². The fraction of sp³-hybridized carbons (Fsp3) is 1.00. The minimum atomic E-state index is -0.648. The molecule has 0 aromatic carbocycles. The van der Waals surface area contributed by atoms with Crippen LogP contribution in [0.3, 0.4) is 0 Å². The summed E-state index contributed by atoms with van der Waals surface area (Å²) in [5.74, 6) is 0.113. The predicted octanol–water partition coefficient (Wildman–Crippen LogP) is 3.21. The summed E-state index contributed by atoms with van der Waals surface area (Å²) in [5.41, 5.74) is -1.26. The molecule has 3 N–H and O–H groups in total. The molecule has 3 heteroatoms. The molecule has 20 heavy (non-hydrogen) atoms. The van der Waals surface area contributed by atoms with Gasteiger partial charge in [-0.05, 0) is 30.1 Å². The SMILES string of the molecule is CC(O)C(C)CC(C)(C)C(O)C(C)(C)C(O)C(C)(C)C. The number of aliphatic hydroxyl groups excluding tert-OH is 3. The van der Waals surface area contributed by atoms with E-state index in [0.717, 1.165) is 0 Å². The van der Waals surface area contributed by atoms with Gasteiger partial charge in [0.05, 0.1) is 18.3 Å². The molecule has 4 unspecified atom stereocenters. The first-order valence-electron chi connectivity index (χ1n) is 7.68. The zero-order valence-corrected chi connectivity index (χ0v) is 14.9. The van der Waals surface area contributed by atoms with E-state index in [4.69, 9.17) is 0 Å². The summed E-state index contributed by atoms with van der Waals surface area (Å²) < 4.78 is 0. The van der Waals surface area contributed by atoms with Crippen LogP contribution in [0.1, 0.15) is 68.7 Å². The van der Waals surface area contributed by atoms with Crippen molar-refractivity contribution in [3.63, 3.8) is 0 Å². The van der Waals surface area contributed by atoms with Crippen molar-refractivity contribution in [1.29, 1.82) is 0 Å². The van der Waals surface area contributed by atoms with Crippen molar-refractivity contribution in [2.75, 3.05) is 0 Å². The van der Waals surface area contributed by atoms with E-state index in [1.807, 2.05) is 55.4 Å². The quantitative estimate of drug-likeness (QED) is 0.703. The number of rotatable bonds is 6. The van der Waals surface area contributed by atoms with Crippen LogP contribution in [0.5, 0.6) is 0 Å². The molecule has 0 aliphatic carbocycles. The third-order valence-corrected chi connectivity index (χ3v) is 4.64. The van der Waals surface area contributed by atoms with Crippen LogP contribution in [-0.4, -0.2) is 33.6 Å². The van der Waals surface area contributed by atoms with Crippen LogP contribution in [0, 0.1) is 22.2 Å². The molecule has 0 saturated carbocycles. The van der Waals surface area contributed by atoms with Gasteiger partial charge in [0.25, 0.3) is 0 Å². The summed E-state index contributed by atoms with van der Waals surface area (Å²) in [7, 11) is 0. The monoisotopic (exact) mass is 288 g/mol. The van der Waals surface area contributed by atoms with E-state index in [-0.39, 0.29) is 16.7 Å². The first-order chi connectivity index (χ1) is 8.64. The van der Waals surface area contributed by atoms with Crippen molar-refractivity contribution in [1.82, 2.24) is 0 Å². The minimum absolute atomic E-state index is 0.113. The molecular formula is C17H36O3. The van der Waals surface area contributed by atoms with E-state index in [2.05, 4.69) is 0 Å². The molecule has 0 fully saturated rings. The van der Waals surface area contributed by atoms with Gasteiger partial charge in [-0.15, -0.1) is 0 Å². The summed E-state index contributed by atoms with van der Waals surface area (Å²) in [6.07, 6.45) is -0.930. The van der Waals surface area contributed by atoms with Crippen LogP contribution in [0.15, 0.2) is 0 Å². The highest BCUT2D eigenvalue weighted by Gasteiger charge is 2.47. The number of aliphatic hydroxyl groups is 3. The molecule has 0 aliphatic rings. The summed E-state index contributed by atoms with van der Waals surface area (Å²) in [6.45, 7) is 17.6. The van der Waals surface area contributed by atoms with Crippen LogP contribution in [0.2, 0.25) is 0 Å². The second-order valence-corrected chi connectivity index (χ2v) is 8.90. The molecule has 0 amide bonds. The molecule has 0 aromatic heterocycles. The molecule has 0 bridgehead atoms. The van der Waals surface area contributed by atoms with Crippen LogP contribution in [0.4, 0.5) is 0 Å². The van der Waals surface area contributed by atoms with Gasteiger partial charge in [-0.1, -0.05) is 55.4 Å². The largest absolute Gasteiger partial charge is 0.393 e. The zero-order chi connectivity index (χ0) is 16.5. The van der Waals surface area contributed by atoms with Crippen molar-refractivity contribution in [3.05, 3.63) is 0 Å². The Labute approximate surface area is 125 Å². The smallest absolute Gasteiger partial charge is 0.0666 e. The Morgan fingerprint density at radius 2 is 1.15 bits per heavy atom. The van der Waals surface area contributed by atoms with E-state index in [1.165, 1.54) is 0 Å². The molecule has 122 valence electrons. The topological polar surface area (TPSA) is 60.7 Å². The Morgan fingerprint density at radius 3 is 1.45 bits per heavy atom. The highest BCUT2D eigenvalue weighted by molar-refractivity contribution is 4.97. The lowest BCUT2D eigenvalue weighted by atomic mass is 9.62. The summed E-state index contributed by atoms with van der Waals surface area (Å²) in [6, 6.07) is 0. The lowest BCUT2D eigenvalue weighted by Crippen LogP contribution is -2.52. The first kappa shape index (κ1) is 19.9. The molecule has 0 saturated heterocycles. The molecule has 0 rings (SSSR count). The van der Waals surface area contributed by atoms with Crippen molar-refractivity contribution in [3.8, 4) is 0 Å².